The Morgan fingerprint density at radius 1 is 1.69 bits per heavy atom. The summed E-state index contributed by atoms with van der Waals surface area (Å²) in [4.78, 5) is 11.7. The molecule has 5 heteroatoms. The third-order valence-electron chi connectivity index (χ3n) is 2.36. The number of aliphatic carboxylic acids is 1. The van der Waals surface area contributed by atoms with E-state index < -0.39 is 5.97 Å². The average Bonchev–Trinajstić information content (AvgIpc) is 2.49. The topological polar surface area (TPSA) is 63.1 Å². The number of carboxylic acid groups (broad SMARTS) is 1. The Morgan fingerprint density at radius 2 is 2.54 bits per heavy atom. The van der Waals surface area contributed by atoms with Gasteiger partial charge in [0, 0.05) is 11.3 Å². The molecule has 0 fully saturated rings. The Labute approximate surface area is 79.8 Å². The second-order valence-electron chi connectivity index (χ2n) is 3.35. The third-order valence-corrected chi connectivity index (χ3v) is 3.18. The molecule has 1 N–H and O–H groups in total. The van der Waals surface area contributed by atoms with E-state index in [1.165, 1.54) is 16.4 Å². The quantitative estimate of drug-likeness (QED) is 0.773. The van der Waals surface area contributed by atoms with E-state index in [9.17, 15) is 4.79 Å². The van der Waals surface area contributed by atoms with E-state index in [2.05, 4.69) is 9.59 Å². The van der Waals surface area contributed by atoms with Crippen LogP contribution in [0.15, 0.2) is 0 Å². The highest BCUT2D eigenvalue weighted by atomic mass is 32.1. The average molecular weight is 198 g/mol. The van der Waals surface area contributed by atoms with E-state index in [1.807, 2.05) is 0 Å². The van der Waals surface area contributed by atoms with Crippen molar-refractivity contribution in [3.63, 3.8) is 0 Å². The predicted molar refractivity (Wildman–Crippen MR) is 47.7 cm³/mol. The molecule has 0 aromatic carbocycles. The maximum absolute atomic E-state index is 10.5. The molecule has 0 saturated heterocycles. The molecule has 0 amide bonds. The predicted octanol–water partition coefficient (Wildman–Crippen LogP) is 1.12. The fourth-order valence-electron chi connectivity index (χ4n) is 1.70. The smallest absolute Gasteiger partial charge is 0.303 e. The highest BCUT2D eigenvalue weighted by Crippen LogP contribution is 2.27. The number of hydrogen-bond acceptors (Lipinski definition) is 4. The minimum Gasteiger partial charge on any atom is -0.481 e. The van der Waals surface area contributed by atoms with E-state index in [4.69, 9.17) is 5.11 Å². The van der Waals surface area contributed by atoms with Crippen LogP contribution < -0.4 is 0 Å². The molecule has 1 aromatic rings. The van der Waals surface area contributed by atoms with Gasteiger partial charge in [-0.2, -0.15) is 0 Å². The Bertz CT molecular complexity index is 324. The van der Waals surface area contributed by atoms with Gasteiger partial charge in [-0.25, -0.2) is 0 Å². The summed E-state index contributed by atoms with van der Waals surface area (Å²) in [5, 5.41) is 12.6. The summed E-state index contributed by atoms with van der Waals surface area (Å²) in [6.45, 7) is 0. The lowest BCUT2D eigenvalue weighted by atomic mass is 9.88. The minimum absolute atomic E-state index is 0.258. The first kappa shape index (κ1) is 8.62. The van der Waals surface area contributed by atoms with Gasteiger partial charge < -0.3 is 5.11 Å². The molecule has 1 atom stereocenters. The van der Waals surface area contributed by atoms with Crippen LogP contribution in [0.1, 0.15) is 23.4 Å². The van der Waals surface area contributed by atoms with Crippen molar-refractivity contribution in [3.8, 4) is 0 Å². The van der Waals surface area contributed by atoms with E-state index in [0.717, 1.165) is 25.0 Å². The first-order chi connectivity index (χ1) is 6.25. The van der Waals surface area contributed by atoms with Gasteiger partial charge in [0.05, 0.1) is 5.69 Å². The summed E-state index contributed by atoms with van der Waals surface area (Å²) in [6.07, 6.45) is 2.96. The molecule has 1 aliphatic carbocycles. The van der Waals surface area contributed by atoms with Gasteiger partial charge in [0.2, 0.25) is 0 Å². The fraction of sp³-hybridized carbons (Fsp3) is 0.625. The molecule has 13 heavy (non-hydrogen) atoms. The van der Waals surface area contributed by atoms with Crippen LogP contribution in [0.2, 0.25) is 0 Å². The van der Waals surface area contributed by atoms with Gasteiger partial charge in [0.25, 0.3) is 0 Å². The third kappa shape index (κ3) is 1.85. The first-order valence-corrected chi connectivity index (χ1v) is 5.05. The Morgan fingerprint density at radius 3 is 3.31 bits per heavy atom. The van der Waals surface area contributed by atoms with Crippen molar-refractivity contribution in [2.75, 3.05) is 0 Å². The lowest BCUT2D eigenvalue weighted by Crippen LogP contribution is -2.16. The van der Waals surface area contributed by atoms with Gasteiger partial charge in [-0.05, 0) is 36.7 Å². The normalized spacial score (nSPS) is 21.1. The zero-order valence-corrected chi connectivity index (χ0v) is 7.88. The summed E-state index contributed by atoms with van der Waals surface area (Å²) >= 11 is 1.44. The highest BCUT2D eigenvalue weighted by molar-refractivity contribution is 7.05. The van der Waals surface area contributed by atoms with Gasteiger partial charge >= 0.3 is 5.97 Å². The van der Waals surface area contributed by atoms with Crippen molar-refractivity contribution in [3.05, 3.63) is 10.6 Å². The number of carbonyl (C=O) groups is 1. The molecule has 0 aliphatic heterocycles. The van der Waals surface area contributed by atoms with Crippen LogP contribution in [-0.4, -0.2) is 20.7 Å². The van der Waals surface area contributed by atoms with Crippen molar-refractivity contribution in [2.24, 2.45) is 5.92 Å². The molecule has 1 unspecified atom stereocenters. The largest absolute Gasteiger partial charge is 0.481 e. The molecule has 70 valence electrons. The molecule has 4 nitrogen and oxygen atoms in total. The van der Waals surface area contributed by atoms with Gasteiger partial charge in [0.15, 0.2) is 0 Å². The number of nitrogens with zero attached hydrogens (tertiary/aromatic N) is 2. The van der Waals surface area contributed by atoms with Crippen LogP contribution >= 0.6 is 11.5 Å². The molecular weight excluding hydrogens is 188 g/mol. The van der Waals surface area contributed by atoms with Crippen molar-refractivity contribution in [2.45, 2.75) is 25.7 Å². The maximum Gasteiger partial charge on any atom is 0.303 e. The monoisotopic (exact) mass is 198 g/mol. The molecule has 0 spiro atoms. The maximum atomic E-state index is 10.5. The number of aryl methyl sites for hydroxylation is 1. The zero-order valence-electron chi connectivity index (χ0n) is 7.06. The second-order valence-corrected chi connectivity index (χ2v) is 4.19. The van der Waals surface area contributed by atoms with Crippen LogP contribution in [0.5, 0.6) is 0 Å². The van der Waals surface area contributed by atoms with Crippen LogP contribution in [0, 0.1) is 5.92 Å². The van der Waals surface area contributed by atoms with Crippen LogP contribution in [-0.2, 0) is 17.6 Å². The van der Waals surface area contributed by atoms with Crippen LogP contribution in [0.3, 0.4) is 0 Å². The van der Waals surface area contributed by atoms with Crippen molar-refractivity contribution in [1.82, 2.24) is 9.59 Å². The highest BCUT2D eigenvalue weighted by Gasteiger charge is 2.23. The van der Waals surface area contributed by atoms with E-state index in [0.29, 0.717) is 0 Å². The Hall–Kier alpha value is -0.970. The van der Waals surface area contributed by atoms with Crippen LogP contribution in [0.4, 0.5) is 0 Å². The fourth-order valence-corrected chi connectivity index (χ4v) is 2.38. The SMILES string of the molecule is O=C(O)CC1CCc2snnc2C1. The van der Waals surface area contributed by atoms with Gasteiger partial charge in [-0.3, -0.25) is 4.79 Å². The molecule has 0 bridgehead atoms. The lowest BCUT2D eigenvalue weighted by molar-refractivity contribution is -0.138. The summed E-state index contributed by atoms with van der Waals surface area (Å²) in [5.41, 5.74) is 1.02. The first-order valence-electron chi connectivity index (χ1n) is 4.27. The van der Waals surface area contributed by atoms with E-state index in [-0.39, 0.29) is 12.3 Å². The summed E-state index contributed by atoms with van der Waals surface area (Å²) in [5.74, 6) is -0.453. The molecule has 0 saturated carbocycles. The molecule has 1 aromatic heterocycles. The summed E-state index contributed by atoms with van der Waals surface area (Å²) < 4.78 is 3.86. The number of fused-ring (bicyclic) bond motifs is 1. The number of aromatic nitrogens is 2. The zero-order chi connectivity index (χ0) is 9.26. The van der Waals surface area contributed by atoms with Crippen molar-refractivity contribution >= 4 is 17.5 Å². The van der Waals surface area contributed by atoms with Gasteiger partial charge in [0.1, 0.15) is 0 Å². The Kier molecular flexibility index (Phi) is 2.26. The molecule has 1 heterocycles. The van der Waals surface area contributed by atoms with E-state index in [1.54, 1.807) is 0 Å². The number of rotatable bonds is 2. The standard InChI is InChI=1S/C8H10N2O2S/c11-8(12)4-5-1-2-7-6(3-5)9-10-13-7/h5H,1-4H2,(H,11,12). The summed E-state index contributed by atoms with van der Waals surface area (Å²) in [6, 6.07) is 0. The minimum atomic E-state index is -0.711. The molecule has 1 aliphatic rings. The van der Waals surface area contributed by atoms with Crippen molar-refractivity contribution < 1.29 is 9.90 Å². The van der Waals surface area contributed by atoms with Gasteiger partial charge in [-0.15, -0.1) is 5.10 Å². The van der Waals surface area contributed by atoms with Crippen molar-refractivity contribution in [1.29, 1.82) is 0 Å². The molecule has 2 rings (SSSR count). The number of hydrogen-bond donors (Lipinski definition) is 1. The lowest BCUT2D eigenvalue weighted by Gasteiger charge is -2.18. The molecule has 0 radical (unpaired) electrons. The Balaban J connectivity index is 2.04. The second kappa shape index (κ2) is 3.41. The molecular formula is C8H10N2O2S. The number of carboxylic acids is 1. The summed E-state index contributed by atoms with van der Waals surface area (Å²) in [7, 11) is 0. The van der Waals surface area contributed by atoms with Gasteiger partial charge in [-0.1, -0.05) is 4.49 Å². The van der Waals surface area contributed by atoms with E-state index >= 15 is 0 Å². The van der Waals surface area contributed by atoms with Crippen LogP contribution in [0.25, 0.3) is 0 Å².